The molecular formula is C44H28N2. The molecule has 0 atom stereocenters. The van der Waals surface area contributed by atoms with Crippen molar-refractivity contribution in [2.75, 3.05) is 0 Å². The van der Waals surface area contributed by atoms with E-state index in [9.17, 15) is 0 Å². The lowest BCUT2D eigenvalue weighted by Crippen LogP contribution is -1.94. The van der Waals surface area contributed by atoms with Crippen LogP contribution in [-0.2, 0) is 0 Å². The van der Waals surface area contributed by atoms with E-state index in [1.165, 1.54) is 38.4 Å². The molecule has 2 nitrogen and oxygen atoms in total. The van der Waals surface area contributed by atoms with Crippen LogP contribution in [0.5, 0.6) is 0 Å². The van der Waals surface area contributed by atoms with Crippen LogP contribution in [0.15, 0.2) is 170 Å². The zero-order valence-corrected chi connectivity index (χ0v) is 25.1. The van der Waals surface area contributed by atoms with Crippen LogP contribution in [0.4, 0.5) is 0 Å². The highest BCUT2D eigenvalue weighted by molar-refractivity contribution is 6.16. The van der Waals surface area contributed by atoms with Gasteiger partial charge < -0.3 is 0 Å². The first-order chi connectivity index (χ1) is 22.8. The summed E-state index contributed by atoms with van der Waals surface area (Å²) in [4.78, 5) is 10.5. The van der Waals surface area contributed by atoms with Gasteiger partial charge in [0.05, 0.1) is 22.4 Å². The lowest BCUT2D eigenvalue weighted by molar-refractivity contribution is 1.40. The minimum atomic E-state index is 0.951. The van der Waals surface area contributed by atoms with Gasteiger partial charge in [0.1, 0.15) is 0 Å². The molecule has 9 aromatic rings. The third-order valence-electron chi connectivity index (χ3n) is 9.05. The number of pyridine rings is 2. The van der Waals surface area contributed by atoms with Crippen molar-refractivity contribution < 1.29 is 0 Å². The van der Waals surface area contributed by atoms with Crippen molar-refractivity contribution in [3.8, 4) is 44.8 Å². The molecule has 214 valence electrons. The SMILES string of the molecule is c1ccc(-c2cc3c(-c4ccccc4)cc(-c4ccc(-c5nc6ccccc6c6ccccc56)cc4)nc3c3ccccc23)cc1. The molecule has 0 amide bonds. The van der Waals surface area contributed by atoms with Gasteiger partial charge in [-0.25, -0.2) is 9.97 Å². The molecule has 0 radical (unpaired) electrons. The van der Waals surface area contributed by atoms with Crippen LogP contribution in [0.2, 0.25) is 0 Å². The van der Waals surface area contributed by atoms with E-state index in [0.717, 1.165) is 49.7 Å². The van der Waals surface area contributed by atoms with Crippen LogP contribution < -0.4 is 0 Å². The molecule has 7 aromatic carbocycles. The molecule has 0 unspecified atom stereocenters. The van der Waals surface area contributed by atoms with Crippen molar-refractivity contribution >= 4 is 43.4 Å². The van der Waals surface area contributed by atoms with Crippen molar-refractivity contribution in [2.45, 2.75) is 0 Å². The van der Waals surface area contributed by atoms with Crippen LogP contribution >= 0.6 is 0 Å². The van der Waals surface area contributed by atoms with Crippen LogP contribution in [0.1, 0.15) is 0 Å². The number of hydrogen-bond acceptors (Lipinski definition) is 2. The number of nitrogens with zero attached hydrogens (tertiary/aromatic N) is 2. The van der Waals surface area contributed by atoms with E-state index in [2.05, 4.69) is 170 Å². The fourth-order valence-electron chi connectivity index (χ4n) is 6.84. The molecule has 0 spiro atoms. The maximum Gasteiger partial charge on any atom is 0.0794 e. The molecule has 0 aliphatic carbocycles. The summed E-state index contributed by atoms with van der Waals surface area (Å²) in [6.07, 6.45) is 0. The van der Waals surface area contributed by atoms with E-state index in [4.69, 9.17) is 9.97 Å². The summed E-state index contributed by atoms with van der Waals surface area (Å²) < 4.78 is 0. The standard InChI is InChI=1S/C44H28N2/c1-3-13-29(14-4-1)38-27-40-39(30-15-5-2-6-16-30)28-42(46-44(40)37-21-10-8-18-34(37)38)31-23-25-32(26-24-31)43-36-20-9-7-17-33(36)35-19-11-12-22-41(35)45-43/h1-28H. The molecule has 2 heterocycles. The minimum absolute atomic E-state index is 0.951. The first-order valence-corrected chi connectivity index (χ1v) is 15.7. The van der Waals surface area contributed by atoms with Gasteiger partial charge in [0.15, 0.2) is 0 Å². The molecule has 46 heavy (non-hydrogen) atoms. The van der Waals surface area contributed by atoms with Gasteiger partial charge in [-0.15, -0.1) is 0 Å². The highest BCUT2D eigenvalue weighted by Crippen LogP contribution is 2.40. The van der Waals surface area contributed by atoms with Gasteiger partial charge in [-0.1, -0.05) is 152 Å². The topological polar surface area (TPSA) is 25.8 Å². The van der Waals surface area contributed by atoms with E-state index in [-0.39, 0.29) is 0 Å². The quantitative estimate of drug-likeness (QED) is 0.192. The Bertz CT molecular complexity index is 2550. The third kappa shape index (κ3) is 4.35. The summed E-state index contributed by atoms with van der Waals surface area (Å²) in [5.41, 5.74) is 10.9. The Hall–Kier alpha value is -6.12. The number of hydrogen-bond donors (Lipinski definition) is 0. The fourth-order valence-corrected chi connectivity index (χ4v) is 6.84. The summed E-state index contributed by atoms with van der Waals surface area (Å²) in [7, 11) is 0. The molecule has 0 bridgehead atoms. The molecule has 0 aliphatic heterocycles. The zero-order chi connectivity index (χ0) is 30.5. The summed E-state index contributed by atoms with van der Waals surface area (Å²) >= 11 is 0. The lowest BCUT2D eigenvalue weighted by atomic mass is 9.91. The lowest BCUT2D eigenvalue weighted by Gasteiger charge is -2.16. The maximum absolute atomic E-state index is 5.37. The average molecular weight is 585 g/mol. The van der Waals surface area contributed by atoms with Gasteiger partial charge in [0.25, 0.3) is 0 Å². The molecular weight excluding hydrogens is 556 g/mol. The largest absolute Gasteiger partial charge is 0.247 e. The van der Waals surface area contributed by atoms with E-state index in [1.54, 1.807) is 0 Å². The average Bonchev–Trinajstić information content (AvgIpc) is 3.14. The summed E-state index contributed by atoms with van der Waals surface area (Å²) in [6.45, 7) is 0. The van der Waals surface area contributed by atoms with Crippen LogP contribution in [0.25, 0.3) is 88.1 Å². The zero-order valence-electron chi connectivity index (χ0n) is 25.1. The predicted octanol–water partition coefficient (Wildman–Crippen LogP) is 11.8. The number of aromatic nitrogens is 2. The second kappa shape index (κ2) is 10.8. The highest BCUT2D eigenvalue weighted by Gasteiger charge is 2.16. The van der Waals surface area contributed by atoms with Gasteiger partial charge in [-0.05, 0) is 51.2 Å². The molecule has 0 N–H and O–H groups in total. The number of benzene rings is 7. The van der Waals surface area contributed by atoms with Crippen molar-refractivity contribution in [2.24, 2.45) is 0 Å². The number of para-hydroxylation sites is 1. The van der Waals surface area contributed by atoms with Gasteiger partial charge >= 0.3 is 0 Å². The smallest absolute Gasteiger partial charge is 0.0794 e. The van der Waals surface area contributed by atoms with Gasteiger partial charge in [-0.3, -0.25) is 0 Å². The van der Waals surface area contributed by atoms with Gasteiger partial charge in [-0.2, -0.15) is 0 Å². The first-order valence-electron chi connectivity index (χ1n) is 15.7. The Kier molecular flexibility index (Phi) is 6.17. The Balaban J connectivity index is 1.25. The Morgan fingerprint density at radius 3 is 1.52 bits per heavy atom. The Labute approximate surface area is 267 Å². The van der Waals surface area contributed by atoms with Crippen LogP contribution in [0.3, 0.4) is 0 Å². The first kappa shape index (κ1) is 26.3. The highest BCUT2D eigenvalue weighted by atomic mass is 14.7. The second-order valence-corrected chi connectivity index (χ2v) is 11.8. The molecule has 0 saturated carbocycles. The number of rotatable bonds is 4. The third-order valence-corrected chi connectivity index (χ3v) is 9.05. The fraction of sp³-hybridized carbons (Fsp3) is 0. The molecule has 0 aliphatic rings. The molecule has 2 aromatic heterocycles. The van der Waals surface area contributed by atoms with Crippen molar-refractivity contribution in [3.05, 3.63) is 170 Å². The maximum atomic E-state index is 5.37. The van der Waals surface area contributed by atoms with Crippen molar-refractivity contribution in [1.82, 2.24) is 9.97 Å². The number of fused-ring (bicyclic) bond motifs is 6. The Morgan fingerprint density at radius 2 is 0.826 bits per heavy atom. The van der Waals surface area contributed by atoms with E-state index >= 15 is 0 Å². The summed E-state index contributed by atoms with van der Waals surface area (Å²) in [5.74, 6) is 0. The van der Waals surface area contributed by atoms with E-state index in [1.807, 2.05) is 0 Å². The predicted molar refractivity (Wildman–Crippen MR) is 194 cm³/mol. The molecule has 0 saturated heterocycles. The monoisotopic (exact) mass is 584 g/mol. The molecule has 2 heteroatoms. The van der Waals surface area contributed by atoms with E-state index < -0.39 is 0 Å². The molecule has 9 rings (SSSR count). The second-order valence-electron chi connectivity index (χ2n) is 11.8. The van der Waals surface area contributed by atoms with Crippen LogP contribution in [-0.4, -0.2) is 9.97 Å². The van der Waals surface area contributed by atoms with Gasteiger partial charge in [0.2, 0.25) is 0 Å². The Morgan fingerprint density at radius 1 is 0.304 bits per heavy atom. The van der Waals surface area contributed by atoms with Gasteiger partial charge in [0, 0.05) is 32.7 Å². The summed E-state index contributed by atoms with van der Waals surface area (Å²) in [6, 6.07) is 60.2. The van der Waals surface area contributed by atoms with Crippen molar-refractivity contribution in [3.63, 3.8) is 0 Å². The normalized spacial score (nSPS) is 11.5. The van der Waals surface area contributed by atoms with E-state index in [0.29, 0.717) is 0 Å². The van der Waals surface area contributed by atoms with Crippen LogP contribution in [0, 0.1) is 0 Å². The van der Waals surface area contributed by atoms with Crippen molar-refractivity contribution in [1.29, 1.82) is 0 Å². The minimum Gasteiger partial charge on any atom is -0.247 e. The molecule has 0 fully saturated rings. The summed E-state index contributed by atoms with van der Waals surface area (Å²) in [5, 5.41) is 7.06.